The molecule has 4 heteroatoms. The zero-order valence-corrected chi connectivity index (χ0v) is 14.4. The third-order valence-corrected chi connectivity index (χ3v) is 3.68. The molecule has 0 aliphatic heterocycles. The number of hydrogen-bond donors (Lipinski definition) is 0. The highest BCUT2D eigenvalue weighted by Crippen LogP contribution is 2.26. The number of aryl methyl sites for hydroxylation is 1. The Morgan fingerprint density at radius 1 is 0.857 bits per heavy atom. The van der Waals surface area contributed by atoms with E-state index in [9.17, 15) is 0 Å². The molecule has 0 bridgehead atoms. The van der Waals surface area contributed by atoms with Crippen LogP contribution in [-0.4, -0.2) is 19.8 Å². The first-order chi connectivity index (χ1) is 10.2. The van der Waals surface area contributed by atoms with Crippen molar-refractivity contribution in [2.24, 2.45) is 0 Å². The minimum absolute atomic E-state index is 0.480. The Hall–Kier alpha value is -1.43. The Kier molecular flexibility index (Phi) is 6.17. The molecule has 0 saturated heterocycles. The summed E-state index contributed by atoms with van der Waals surface area (Å²) < 4.78 is 18.1. The Bertz CT molecular complexity index is 584. The fourth-order valence-electron chi connectivity index (χ4n) is 1.87. The van der Waals surface area contributed by atoms with Gasteiger partial charge in [0.25, 0.3) is 0 Å². The van der Waals surface area contributed by atoms with Crippen LogP contribution in [0.4, 0.5) is 0 Å². The summed E-state index contributed by atoms with van der Waals surface area (Å²) in [5, 5.41) is 0. The van der Waals surface area contributed by atoms with Crippen molar-refractivity contribution in [3.63, 3.8) is 0 Å². The van der Waals surface area contributed by atoms with E-state index in [-0.39, 0.29) is 0 Å². The third-order valence-electron chi connectivity index (χ3n) is 2.83. The third kappa shape index (κ3) is 4.81. The smallest absolute Gasteiger partial charge is 0.161 e. The van der Waals surface area contributed by atoms with Crippen LogP contribution in [0.15, 0.2) is 42.5 Å². The van der Waals surface area contributed by atoms with E-state index in [4.69, 9.17) is 14.2 Å². The molecule has 112 valence electrons. The van der Waals surface area contributed by atoms with Crippen LogP contribution in [0.2, 0.25) is 0 Å². The summed E-state index contributed by atoms with van der Waals surface area (Å²) in [6, 6.07) is 13.8. The van der Waals surface area contributed by atoms with E-state index in [1.54, 1.807) is 0 Å². The maximum absolute atomic E-state index is 5.74. The highest BCUT2D eigenvalue weighted by Gasteiger charge is 2.04. The van der Waals surface area contributed by atoms with Crippen molar-refractivity contribution in [2.75, 3.05) is 19.8 Å². The summed E-state index contributed by atoms with van der Waals surface area (Å²) >= 11 is 2.28. The Morgan fingerprint density at radius 2 is 1.48 bits per heavy atom. The molecule has 0 unspecified atom stereocenters. The monoisotopic (exact) mass is 398 g/mol. The van der Waals surface area contributed by atoms with Crippen LogP contribution in [0, 0.1) is 10.5 Å². The average molecular weight is 398 g/mol. The zero-order chi connectivity index (χ0) is 15.1. The van der Waals surface area contributed by atoms with Gasteiger partial charge < -0.3 is 14.2 Å². The highest BCUT2D eigenvalue weighted by atomic mass is 127. The minimum atomic E-state index is 0.480. The topological polar surface area (TPSA) is 27.7 Å². The molecule has 2 aromatic rings. The Morgan fingerprint density at radius 3 is 2.10 bits per heavy atom. The van der Waals surface area contributed by atoms with Crippen molar-refractivity contribution in [3.05, 3.63) is 51.6 Å². The summed E-state index contributed by atoms with van der Waals surface area (Å²) in [5.74, 6) is 2.41. The normalized spacial score (nSPS) is 10.2. The van der Waals surface area contributed by atoms with Gasteiger partial charge in [0.1, 0.15) is 19.0 Å². The zero-order valence-electron chi connectivity index (χ0n) is 12.3. The van der Waals surface area contributed by atoms with Crippen molar-refractivity contribution < 1.29 is 14.2 Å². The Labute approximate surface area is 139 Å². The van der Waals surface area contributed by atoms with E-state index in [0.717, 1.165) is 20.8 Å². The highest BCUT2D eigenvalue weighted by molar-refractivity contribution is 14.1. The number of benzene rings is 2. The SMILES string of the molecule is CCOc1ccccc1OCCOc1ccc(C)cc1I. The molecule has 0 N–H and O–H groups in total. The van der Waals surface area contributed by atoms with Crippen LogP contribution in [0.1, 0.15) is 12.5 Å². The fraction of sp³-hybridized carbons (Fsp3) is 0.294. The molecule has 2 aromatic carbocycles. The predicted octanol–water partition coefficient (Wildman–Crippen LogP) is 4.46. The molecule has 0 saturated carbocycles. The fourth-order valence-corrected chi connectivity index (χ4v) is 2.70. The van der Waals surface area contributed by atoms with Crippen molar-refractivity contribution in [1.82, 2.24) is 0 Å². The van der Waals surface area contributed by atoms with Crippen LogP contribution >= 0.6 is 22.6 Å². The van der Waals surface area contributed by atoms with Crippen LogP contribution in [0.3, 0.4) is 0 Å². The summed E-state index contributed by atoms with van der Waals surface area (Å²) in [4.78, 5) is 0. The second-order valence-electron chi connectivity index (χ2n) is 4.51. The van der Waals surface area contributed by atoms with E-state index in [2.05, 4.69) is 35.6 Å². The average Bonchev–Trinajstić information content (AvgIpc) is 2.47. The number of hydrogen-bond acceptors (Lipinski definition) is 3. The van der Waals surface area contributed by atoms with E-state index in [1.807, 2.05) is 43.3 Å². The largest absolute Gasteiger partial charge is 0.490 e. The minimum Gasteiger partial charge on any atom is -0.490 e. The summed E-state index contributed by atoms with van der Waals surface area (Å²) in [6.45, 7) is 5.63. The van der Waals surface area contributed by atoms with Crippen molar-refractivity contribution in [2.45, 2.75) is 13.8 Å². The molecule has 0 aromatic heterocycles. The van der Waals surface area contributed by atoms with Crippen LogP contribution in [0.5, 0.6) is 17.2 Å². The van der Waals surface area contributed by atoms with E-state index in [0.29, 0.717) is 19.8 Å². The molecule has 0 amide bonds. The molecule has 0 heterocycles. The lowest BCUT2D eigenvalue weighted by atomic mass is 10.2. The summed E-state index contributed by atoms with van der Waals surface area (Å²) in [7, 11) is 0. The standard InChI is InChI=1S/C17H19IO3/c1-3-19-16-6-4-5-7-17(16)21-11-10-20-15-9-8-13(2)12-14(15)18/h4-9,12H,3,10-11H2,1-2H3. The lowest BCUT2D eigenvalue weighted by Crippen LogP contribution is -2.10. The second-order valence-corrected chi connectivity index (χ2v) is 5.67. The molecular formula is C17H19IO3. The molecule has 0 atom stereocenters. The van der Waals surface area contributed by atoms with Gasteiger partial charge in [-0.1, -0.05) is 18.2 Å². The predicted molar refractivity (Wildman–Crippen MR) is 92.5 cm³/mol. The van der Waals surface area contributed by atoms with E-state index < -0.39 is 0 Å². The molecule has 2 rings (SSSR count). The van der Waals surface area contributed by atoms with Gasteiger partial charge in [-0.05, 0) is 66.3 Å². The lowest BCUT2D eigenvalue weighted by Gasteiger charge is -2.12. The summed E-state index contributed by atoms with van der Waals surface area (Å²) in [5.41, 5.74) is 1.23. The van der Waals surface area contributed by atoms with Gasteiger partial charge in [-0.2, -0.15) is 0 Å². The van der Waals surface area contributed by atoms with Gasteiger partial charge in [0.05, 0.1) is 10.2 Å². The summed E-state index contributed by atoms with van der Waals surface area (Å²) in [6.07, 6.45) is 0. The molecule has 21 heavy (non-hydrogen) atoms. The molecule has 0 fully saturated rings. The van der Waals surface area contributed by atoms with Gasteiger partial charge >= 0.3 is 0 Å². The van der Waals surface area contributed by atoms with Gasteiger partial charge in [-0.25, -0.2) is 0 Å². The number of ether oxygens (including phenoxy) is 3. The van der Waals surface area contributed by atoms with Crippen LogP contribution < -0.4 is 14.2 Å². The quantitative estimate of drug-likeness (QED) is 0.509. The molecule has 3 nitrogen and oxygen atoms in total. The maximum atomic E-state index is 5.74. The molecule has 0 aliphatic rings. The molecule has 0 aliphatic carbocycles. The van der Waals surface area contributed by atoms with Gasteiger partial charge in [-0.15, -0.1) is 0 Å². The number of halogens is 1. The van der Waals surface area contributed by atoms with E-state index in [1.165, 1.54) is 5.56 Å². The lowest BCUT2D eigenvalue weighted by molar-refractivity contribution is 0.207. The maximum Gasteiger partial charge on any atom is 0.161 e. The molecule has 0 spiro atoms. The van der Waals surface area contributed by atoms with Crippen molar-refractivity contribution in [1.29, 1.82) is 0 Å². The first kappa shape index (κ1) is 15.9. The van der Waals surface area contributed by atoms with Crippen molar-refractivity contribution in [3.8, 4) is 17.2 Å². The molecule has 0 radical (unpaired) electrons. The van der Waals surface area contributed by atoms with Gasteiger partial charge in [0.2, 0.25) is 0 Å². The van der Waals surface area contributed by atoms with Crippen LogP contribution in [0.25, 0.3) is 0 Å². The first-order valence-electron chi connectivity index (χ1n) is 6.94. The van der Waals surface area contributed by atoms with Gasteiger partial charge in [0.15, 0.2) is 11.5 Å². The number of rotatable bonds is 7. The number of para-hydroxylation sites is 2. The van der Waals surface area contributed by atoms with Crippen LogP contribution in [-0.2, 0) is 0 Å². The Balaban J connectivity index is 1.84. The van der Waals surface area contributed by atoms with E-state index >= 15 is 0 Å². The first-order valence-corrected chi connectivity index (χ1v) is 8.02. The second kappa shape index (κ2) is 8.12. The van der Waals surface area contributed by atoms with Crippen molar-refractivity contribution >= 4 is 22.6 Å². The molecular weight excluding hydrogens is 379 g/mol. The van der Waals surface area contributed by atoms with Gasteiger partial charge in [-0.3, -0.25) is 0 Å². The van der Waals surface area contributed by atoms with Gasteiger partial charge in [0, 0.05) is 0 Å².